The highest BCUT2D eigenvalue weighted by molar-refractivity contribution is 5.94. The van der Waals surface area contributed by atoms with E-state index in [0.717, 1.165) is 0 Å². The second-order valence-corrected chi connectivity index (χ2v) is 8.51. The minimum Gasteiger partial charge on any atom is -0.480 e. The van der Waals surface area contributed by atoms with Crippen LogP contribution < -0.4 is 16.4 Å². The molecule has 1 saturated heterocycles. The summed E-state index contributed by atoms with van der Waals surface area (Å²) >= 11 is 0. The lowest BCUT2D eigenvalue weighted by Crippen LogP contribution is -2.61. The average Bonchev–Trinajstić information content (AvgIpc) is 3.46. The molecule has 12 nitrogen and oxygen atoms in total. The van der Waals surface area contributed by atoms with E-state index in [2.05, 4.69) is 20.6 Å². The standard InChI is InChI=1S/C21H34N6O6/c1-4-11(2)16(20(31)27-7-5-6-15(27)21(32)33)25-19(30)17(12(3)28)26-18(29)14(22)8-13-9-23-10-24-13/h9-12,14-17,28H,4-8,22H2,1-3H3,(H,23,24)(H,25,30)(H,26,29)(H,32,33). The van der Waals surface area contributed by atoms with Gasteiger partial charge in [-0.2, -0.15) is 0 Å². The number of hydrogen-bond donors (Lipinski definition) is 6. The van der Waals surface area contributed by atoms with Crippen LogP contribution in [0, 0.1) is 5.92 Å². The van der Waals surface area contributed by atoms with Crippen LogP contribution in [0.3, 0.4) is 0 Å². The molecule has 0 aromatic carbocycles. The van der Waals surface area contributed by atoms with Crippen molar-refractivity contribution in [2.24, 2.45) is 11.7 Å². The Balaban J connectivity index is 2.11. The van der Waals surface area contributed by atoms with E-state index < -0.39 is 54.0 Å². The summed E-state index contributed by atoms with van der Waals surface area (Å²) in [6.45, 7) is 5.24. The summed E-state index contributed by atoms with van der Waals surface area (Å²) in [5.74, 6) is -3.28. The molecule has 0 saturated carbocycles. The second kappa shape index (κ2) is 11.8. The second-order valence-electron chi connectivity index (χ2n) is 8.51. The molecule has 3 amide bonds. The van der Waals surface area contributed by atoms with Gasteiger partial charge in [0.25, 0.3) is 0 Å². The molecule has 0 aliphatic carbocycles. The third-order valence-electron chi connectivity index (χ3n) is 5.99. The topological polar surface area (TPSA) is 191 Å². The Morgan fingerprint density at radius 1 is 1.24 bits per heavy atom. The number of carboxylic acid groups (broad SMARTS) is 1. The first kappa shape index (κ1) is 26.3. The molecule has 1 aromatic heterocycles. The first-order valence-electron chi connectivity index (χ1n) is 11.1. The summed E-state index contributed by atoms with van der Waals surface area (Å²) in [4.78, 5) is 58.2. The van der Waals surface area contributed by atoms with E-state index in [0.29, 0.717) is 25.0 Å². The molecule has 6 unspecified atom stereocenters. The largest absolute Gasteiger partial charge is 0.480 e. The van der Waals surface area contributed by atoms with Crippen LogP contribution in [0.15, 0.2) is 12.5 Å². The summed E-state index contributed by atoms with van der Waals surface area (Å²) < 4.78 is 0. The zero-order valence-corrected chi connectivity index (χ0v) is 19.2. The van der Waals surface area contributed by atoms with Gasteiger partial charge in [0.2, 0.25) is 17.7 Å². The quantitative estimate of drug-likeness (QED) is 0.233. The van der Waals surface area contributed by atoms with Gasteiger partial charge in [-0.1, -0.05) is 20.3 Å². The molecule has 2 rings (SSSR count). The van der Waals surface area contributed by atoms with Gasteiger partial charge < -0.3 is 36.5 Å². The van der Waals surface area contributed by atoms with E-state index in [9.17, 15) is 29.4 Å². The van der Waals surface area contributed by atoms with E-state index >= 15 is 0 Å². The first-order valence-corrected chi connectivity index (χ1v) is 11.1. The van der Waals surface area contributed by atoms with E-state index in [1.165, 1.54) is 24.3 Å². The van der Waals surface area contributed by atoms with Crippen molar-refractivity contribution in [2.75, 3.05) is 6.54 Å². The van der Waals surface area contributed by atoms with E-state index in [1.807, 2.05) is 6.92 Å². The van der Waals surface area contributed by atoms with E-state index in [4.69, 9.17) is 5.73 Å². The monoisotopic (exact) mass is 466 g/mol. The molecule has 184 valence electrons. The fourth-order valence-corrected chi connectivity index (χ4v) is 3.78. The highest BCUT2D eigenvalue weighted by atomic mass is 16.4. The predicted octanol–water partition coefficient (Wildman–Crippen LogP) is -1.25. The van der Waals surface area contributed by atoms with Crippen molar-refractivity contribution < 1.29 is 29.4 Å². The maximum atomic E-state index is 13.2. The van der Waals surface area contributed by atoms with Crippen LogP contribution in [-0.2, 0) is 25.6 Å². The number of rotatable bonds is 11. The van der Waals surface area contributed by atoms with E-state index in [1.54, 1.807) is 6.92 Å². The van der Waals surface area contributed by atoms with Gasteiger partial charge >= 0.3 is 5.97 Å². The minimum absolute atomic E-state index is 0.152. The lowest BCUT2D eigenvalue weighted by atomic mass is 9.96. The molecule has 33 heavy (non-hydrogen) atoms. The van der Waals surface area contributed by atoms with Crippen LogP contribution in [0.1, 0.15) is 45.7 Å². The number of imidazole rings is 1. The maximum Gasteiger partial charge on any atom is 0.326 e. The Bertz CT molecular complexity index is 829. The fraction of sp³-hybridized carbons (Fsp3) is 0.667. The number of aromatic nitrogens is 2. The molecule has 1 aromatic rings. The Morgan fingerprint density at radius 2 is 1.91 bits per heavy atom. The predicted molar refractivity (Wildman–Crippen MR) is 118 cm³/mol. The lowest BCUT2D eigenvalue weighted by molar-refractivity contribution is -0.150. The normalized spacial score (nSPS) is 20.4. The van der Waals surface area contributed by atoms with Gasteiger partial charge in [0.1, 0.15) is 18.1 Å². The number of aromatic amines is 1. The number of H-pyrrole nitrogens is 1. The van der Waals surface area contributed by atoms with Gasteiger partial charge in [-0.25, -0.2) is 9.78 Å². The van der Waals surface area contributed by atoms with Crippen molar-refractivity contribution >= 4 is 23.7 Å². The number of nitrogens with one attached hydrogen (secondary N) is 3. The number of nitrogens with two attached hydrogens (primary N) is 1. The summed E-state index contributed by atoms with van der Waals surface area (Å²) in [5.41, 5.74) is 6.55. The molecule has 0 spiro atoms. The van der Waals surface area contributed by atoms with Gasteiger partial charge in [-0.15, -0.1) is 0 Å². The van der Waals surface area contributed by atoms with Crippen LogP contribution in [0.4, 0.5) is 0 Å². The number of carbonyl (C=O) groups is 4. The van der Waals surface area contributed by atoms with Crippen molar-refractivity contribution in [3.8, 4) is 0 Å². The maximum absolute atomic E-state index is 13.2. The average molecular weight is 467 g/mol. The summed E-state index contributed by atoms with van der Waals surface area (Å²) in [7, 11) is 0. The number of aliphatic carboxylic acids is 1. The highest BCUT2D eigenvalue weighted by Gasteiger charge is 2.40. The first-order chi connectivity index (χ1) is 15.6. The third kappa shape index (κ3) is 6.75. The van der Waals surface area contributed by atoms with Gasteiger partial charge in [-0.3, -0.25) is 14.4 Å². The van der Waals surface area contributed by atoms with Crippen LogP contribution >= 0.6 is 0 Å². The minimum atomic E-state index is -1.35. The molecular weight excluding hydrogens is 432 g/mol. The van der Waals surface area contributed by atoms with Gasteiger partial charge in [-0.05, 0) is 25.7 Å². The number of aliphatic hydroxyl groups excluding tert-OH is 1. The number of carboxylic acids is 1. The van der Waals surface area contributed by atoms with Crippen LogP contribution in [0.25, 0.3) is 0 Å². The molecular formula is C21H34N6O6. The van der Waals surface area contributed by atoms with Crippen molar-refractivity contribution in [3.63, 3.8) is 0 Å². The molecule has 1 aliphatic rings. The summed E-state index contributed by atoms with van der Waals surface area (Å²) in [5, 5.41) is 24.6. The smallest absolute Gasteiger partial charge is 0.326 e. The summed E-state index contributed by atoms with van der Waals surface area (Å²) in [6, 6.07) is -4.28. The van der Waals surface area contributed by atoms with Crippen molar-refractivity contribution in [2.45, 2.75) is 76.7 Å². The highest BCUT2D eigenvalue weighted by Crippen LogP contribution is 2.21. The molecule has 12 heteroatoms. The number of hydrogen-bond acceptors (Lipinski definition) is 7. The molecule has 1 fully saturated rings. The lowest BCUT2D eigenvalue weighted by Gasteiger charge is -2.32. The molecule has 6 atom stereocenters. The number of aliphatic hydroxyl groups is 1. The SMILES string of the molecule is CCC(C)C(NC(=O)C(NC(=O)C(N)Cc1cnc[nH]1)C(C)O)C(=O)N1CCCC1C(=O)O. The summed E-state index contributed by atoms with van der Waals surface area (Å²) in [6.07, 6.45) is 3.32. The number of nitrogens with zero attached hydrogens (tertiary/aromatic N) is 2. The molecule has 0 radical (unpaired) electrons. The zero-order valence-electron chi connectivity index (χ0n) is 19.2. The zero-order chi connectivity index (χ0) is 24.7. The molecule has 2 heterocycles. The molecule has 7 N–H and O–H groups in total. The van der Waals surface area contributed by atoms with Crippen LogP contribution in [0.5, 0.6) is 0 Å². The van der Waals surface area contributed by atoms with Crippen LogP contribution in [0.2, 0.25) is 0 Å². The van der Waals surface area contributed by atoms with Gasteiger partial charge in [0.15, 0.2) is 0 Å². The number of carbonyl (C=O) groups excluding carboxylic acids is 3. The Labute approximate surface area is 192 Å². The number of likely N-dealkylation sites (tertiary alicyclic amines) is 1. The number of amides is 3. The van der Waals surface area contributed by atoms with Crippen molar-refractivity contribution in [3.05, 3.63) is 18.2 Å². The van der Waals surface area contributed by atoms with Crippen LogP contribution in [-0.4, -0.2) is 85.6 Å². The van der Waals surface area contributed by atoms with Gasteiger partial charge in [0, 0.05) is 24.9 Å². The fourth-order valence-electron chi connectivity index (χ4n) is 3.78. The Hall–Kier alpha value is -2.99. The van der Waals surface area contributed by atoms with Gasteiger partial charge in [0.05, 0.1) is 18.5 Å². The van der Waals surface area contributed by atoms with Crippen molar-refractivity contribution in [1.29, 1.82) is 0 Å². The third-order valence-corrected chi connectivity index (χ3v) is 5.99. The Kier molecular flexibility index (Phi) is 9.35. The Morgan fingerprint density at radius 3 is 2.45 bits per heavy atom. The van der Waals surface area contributed by atoms with E-state index in [-0.39, 0.29) is 18.9 Å². The molecule has 1 aliphatic heterocycles. The van der Waals surface area contributed by atoms with Crippen molar-refractivity contribution in [1.82, 2.24) is 25.5 Å². The molecule has 0 bridgehead atoms.